The van der Waals surface area contributed by atoms with Gasteiger partial charge in [0.1, 0.15) is 5.75 Å². The third-order valence-electron chi connectivity index (χ3n) is 6.02. The van der Waals surface area contributed by atoms with Gasteiger partial charge in [-0.1, -0.05) is 69.9 Å². The molecule has 1 fully saturated rings. The highest BCUT2D eigenvalue weighted by Gasteiger charge is 2.19. The Morgan fingerprint density at radius 1 is 0.786 bits per heavy atom. The van der Waals surface area contributed by atoms with Crippen LogP contribution in [0.15, 0.2) is 48.5 Å². The Morgan fingerprint density at radius 3 is 1.93 bits per heavy atom. The Bertz CT molecular complexity index is 753. The first kappa shape index (κ1) is 20.5. The van der Waals surface area contributed by atoms with Gasteiger partial charge in [0.2, 0.25) is 0 Å². The van der Waals surface area contributed by atoms with Crippen LogP contribution in [0.2, 0.25) is 0 Å². The van der Waals surface area contributed by atoms with Gasteiger partial charge in [-0.25, -0.2) is 0 Å². The lowest BCUT2D eigenvalue weighted by atomic mass is 9.78. The Balaban J connectivity index is 1.47. The summed E-state index contributed by atoms with van der Waals surface area (Å²) in [6.45, 7) is 5.21. The van der Waals surface area contributed by atoms with Crippen LogP contribution >= 0.6 is 0 Å². The molecule has 0 amide bonds. The molecule has 0 N–H and O–H groups in total. The smallest absolute Gasteiger partial charge is 0.119 e. The van der Waals surface area contributed by atoms with Crippen LogP contribution in [0.4, 0.5) is 0 Å². The molecule has 0 atom stereocenters. The van der Waals surface area contributed by atoms with E-state index in [-0.39, 0.29) is 0 Å². The van der Waals surface area contributed by atoms with Crippen LogP contribution in [0, 0.1) is 23.7 Å². The summed E-state index contributed by atoms with van der Waals surface area (Å²) in [5, 5.41) is 0. The fourth-order valence-corrected chi connectivity index (χ4v) is 4.05. The molecule has 1 aliphatic rings. The van der Waals surface area contributed by atoms with E-state index >= 15 is 0 Å². The van der Waals surface area contributed by atoms with Crippen molar-refractivity contribution in [2.24, 2.45) is 11.8 Å². The summed E-state index contributed by atoms with van der Waals surface area (Å²) < 4.78 is 5.62. The van der Waals surface area contributed by atoms with Crippen molar-refractivity contribution in [2.75, 3.05) is 6.61 Å². The third-order valence-corrected chi connectivity index (χ3v) is 6.02. The van der Waals surface area contributed by atoms with Crippen molar-refractivity contribution < 1.29 is 4.74 Å². The van der Waals surface area contributed by atoms with Gasteiger partial charge < -0.3 is 4.74 Å². The van der Waals surface area contributed by atoms with E-state index in [0.29, 0.717) is 0 Å². The Labute approximate surface area is 171 Å². The topological polar surface area (TPSA) is 9.23 Å². The second-order valence-electron chi connectivity index (χ2n) is 8.15. The molecule has 0 aliphatic heterocycles. The third kappa shape index (κ3) is 6.45. The SMILES string of the molecule is CCCOc1ccc(C#Cc2ccc(CCC3CCC(CC)CC3)cc2)cc1. The Morgan fingerprint density at radius 2 is 1.36 bits per heavy atom. The highest BCUT2D eigenvalue weighted by atomic mass is 16.5. The monoisotopic (exact) mass is 374 g/mol. The molecule has 148 valence electrons. The van der Waals surface area contributed by atoms with Gasteiger partial charge in [-0.3, -0.25) is 0 Å². The highest BCUT2D eigenvalue weighted by Crippen LogP contribution is 2.33. The van der Waals surface area contributed by atoms with Crippen LogP contribution in [0.25, 0.3) is 0 Å². The molecular weight excluding hydrogens is 340 g/mol. The van der Waals surface area contributed by atoms with E-state index in [1.165, 1.54) is 50.5 Å². The summed E-state index contributed by atoms with van der Waals surface area (Å²) in [6, 6.07) is 16.9. The molecule has 0 spiro atoms. The van der Waals surface area contributed by atoms with Crippen LogP contribution in [0.3, 0.4) is 0 Å². The first-order valence-corrected chi connectivity index (χ1v) is 11.1. The second kappa shape index (κ2) is 11.0. The first-order chi connectivity index (χ1) is 13.8. The maximum atomic E-state index is 5.62. The van der Waals surface area contributed by atoms with E-state index in [1.807, 2.05) is 24.3 Å². The normalized spacial score (nSPS) is 18.9. The standard InChI is InChI=1S/C27H34O/c1-3-21-28-27-19-17-26(18-20-27)16-15-25-13-11-24(12-14-25)10-9-23-7-5-22(4-2)6-8-23/h11-14,17-20,22-23H,3-10,21H2,1-2H3. The molecule has 0 unspecified atom stereocenters. The molecule has 0 bridgehead atoms. The average Bonchev–Trinajstić information content (AvgIpc) is 2.76. The van der Waals surface area contributed by atoms with Gasteiger partial charge in [0.25, 0.3) is 0 Å². The van der Waals surface area contributed by atoms with Gasteiger partial charge in [0.05, 0.1) is 6.61 Å². The van der Waals surface area contributed by atoms with Crippen LogP contribution < -0.4 is 4.74 Å². The summed E-state index contributed by atoms with van der Waals surface area (Å²) in [4.78, 5) is 0. The average molecular weight is 375 g/mol. The minimum Gasteiger partial charge on any atom is -0.494 e. The predicted molar refractivity (Wildman–Crippen MR) is 119 cm³/mol. The van der Waals surface area contributed by atoms with Crippen molar-refractivity contribution in [3.8, 4) is 17.6 Å². The highest BCUT2D eigenvalue weighted by molar-refractivity contribution is 5.44. The molecule has 1 aliphatic carbocycles. The zero-order valence-corrected chi connectivity index (χ0v) is 17.5. The summed E-state index contributed by atoms with van der Waals surface area (Å²) in [6.07, 6.45) is 10.7. The lowest BCUT2D eigenvalue weighted by molar-refractivity contribution is 0.259. The molecule has 0 heterocycles. The number of ether oxygens (including phenoxy) is 1. The molecule has 28 heavy (non-hydrogen) atoms. The molecule has 2 aromatic carbocycles. The molecule has 0 aromatic heterocycles. The van der Waals surface area contributed by atoms with E-state index in [2.05, 4.69) is 50.0 Å². The van der Waals surface area contributed by atoms with Gasteiger partial charge in [-0.15, -0.1) is 0 Å². The van der Waals surface area contributed by atoms with Gasteiger partial charge in [0.15, 0.2) is 0 Å². The fourth-order valence-electron chi connectivity index (χ4n) is 4.05. The van der Waals surface area contributed by atoms with Gasteiger partial charge in [-0.2, -0.15) is 0 Å². The number of hydrogen-bond donors (Lipinski definition) is 0. The number of aryl methyl sites for hydroxylation is 1. The van der Waals surface area contributed by atoms with E-state index in [4.69, 9.17) is 4.74 Å². The van der Waals surface area contributed by atoms with Crippen molar-refractivity contribution in [2.45, 2.75) is 65.2 Å². The quantitative estimate of drug-likeness (QED) is 0.473. The maximum Gasteiger partial charge on any atom is 0.119 e. The van der Waals surface area contributed by atoms with E-state index in [9.17, 15) is 0 Å². The number of benzene rings is 2. The van der Waals surface area contributed by atoms with E-state index in [1.54, 1.807) is 0 Å². The summed E-state index contributed by atoms with van der Waals surface area (Å²) in [5.41, 5.74) is 3.55. The number of hydrogen-bond acceptors (Lipinski definition) is 1. The first-order valence-electron chi connectivity index (χ1n) is 11.1. The molecule has 1 nitrogen and oxygen atoms in total. The van der Waals surface area contributed by atoms with Crippen molar-refractivity contribution in [3.05, 3.63) is 65.2 Å². The van der Waals surface area contributed by atoms with Crippen molar-refractivity contribution in [3.63, 3.8) is 0 Å². The largest absolute Gasteiger partial charge is 0.494 e. The van der Waals surface area contributed by atoms with Crippen LogP contribution in [-0.4, -0.2) is 6.61 Å². The van der Waals surface area contributed by atoms with E-state index < -0.39 is 0 Å². The summed E-state index contributed by atoms with van der Waals surface area (Å²) in [5.74, 6) is 9.38. The fraction of sp³-hybridized carbons (Fsp3) is 0.481. The van der Waals surface area contributed by atoms with Gasteiger partial charge in [0, 0.05) is 11.1 Å². The Hall–Kier alpha value is -2.20. The van der Waals surface area contributed by atoms with Crippen molar-refractivity contribution in [1.29, 1.82) is 0 Å². The minimum absolute atomic E-state index is 0.761. The predicted octanol–water partition coefficient (Wildman–Crippen LogP) is 7.02. The molecule has 3 rings (SSSR count). The van der Waals surface area contributed by atoms with Crippen molar-refractivity contribution in [1.82, 2.24) is 0 Å². The molecule has 1 heteroatoms. The Kier molecular flexibility index (Phi) is 8.04. The minimum atomic E-state index is 0.761. The molecular formula is C27H34O. The number of rotatable bonds is 7. The van der Waals surface area contributed by atoms with Crippen LogP contribution in [0.1, 0.15) is 75.5 Å². The maximum absolute atomic E-state index is 5.62. The van der Waals surface area contributed by atoms with Crippen LogP contribution in [-0.2, 0) is 6.42 Å². The zero-order chi connectivity index (χ0) is 19.6. The lowest BCUT2D eigenvalue weighted by Crippen LogP contribution is -2.14. The molecule has 1 saturated carbocycles. The molecule has 2 aromatic rings. The van der Waals surface area contributed by atoms with E-state index in [0.717, 1.165) is 41.7 Å². The second-order valence-corrected chi connectivity index (χ2v) is 8.15. The van der Waals surface area contributed by atoms with Crippen molar-refractivity contribution >= 4 is 0 Å². The lowest BCUT2D eigenvalue weighted by Gasteiger charge is -2.27. The summed E-state index contributed by atoms with van der Waals surface area (Å²) in [7, 11) is 0. The molecule has 0 radical (unpaired) electrons. The zero-order valence-electron chi connectivity index (χ0n) is 17.5. The van der Waals surface area contributed by atoms with Gasteiger partial charge >= 0.3 is 0 Å². The van der Waals surface area contributed by atoms with Gasteiger partial charge in [-0.05, 0) is 73.1 Å². The summed E-state index contributed by atoms with van der Waals surface area (Å²) >= 11 is 0. The molecule has 0 saturated heterocycles. The van der Waals surface area contributed by atoms with Crippen LogP contribution in [0.5, 0.6) is 5.75 Å².